The Labute approximate surface area is 101 Å². The van der Waals surface area contributed by atoms with Gasteiger partial charge in [0.1, 0.15) is 0 Å². The minimum atomic E-state index is 0.650. The van der Waals surface area contributed by atoms with Crippen molar-refractivity contribution < 1.29 is 13.9 Å². The molecule has 1 aromatic carbocycles. The zero-order valence-electron chi connectivity index (χ0n) is 10.4. The number of rotatable bonds is 6. The molecule has 0 aliphatic rings. The highest BCUT2D eigenvalue weighted by molar-refractivity contribution is 5.83. The highest BCUT2D eigenvalue weighted by Crippen LogP contribution is 2.29. The van der Waals surface area contributed by atoms with Gasteiger partial charge in [0.15, 0.2) is 11.3 Å². The van der Waals surface area contributed by atoms with Gasteiger partial charge in [0.25, 0.3) is 0 Å². The largest absolute Gasteiger partial charge is 0.490 e. The van der Waals surface area contributed by atoms with Crippen LogP contribution in [0.4, 0.5) is 0 Å². The molecule has 0 saturated carbocycles. The summed E-state index contributed by atoms with van der Waals surface area (Å²) in [6.45, 7) is 3.50. The van der Waals surface area contributed by atoms with Crippen molar-refractivity contribution in [1.29, 1.82) is 0 Å². The van der Waals surface area contributed by atoms with Crippen LogP contribution in [0.25, 0.3) is 11.0 Å². The van der Waals surface area contributed by atoms with Gasteiger partial charge in [-0.25, -0.2) is 0 Å². The van der Waals surface area contributed by atoms with Crippen molar-refractivity contribution in [3.63, 3.8) is 0 Å². The fourth-order valence-corrected chi connectivity index (χ4v) is 1.81. The van der Waals surface area contributed by atoms with E-state index < -0.39 is 0 Å². The molecule has 17 heavy (non-hydrogen) atoms. The van der Waals surface area contributed by atoms with E-state index >= 15 is 0 Å². The van der Waals surface area contributed by atoms with E-state index in [1.165, 1.54) is 5.56 Å². The maximum absolute atomic E-state index is 5.75. The van der Waals surface area contributed by atoms with Crippen molar-refractivity contribution in [2.24, 2.45) is 0 Å². The van der Waals surface area contributed by atoms with Crippen LogP contribution < -0.4 is 4.74 Å². The lowest BCUT2D eigenvalue weighted by Crippen LogP contribution is -2.01. The van der Waals surface area contributed by atoms with Gasteiger partial charge in [0, 0.05) is 25.5 Å². The van der Waals surface area contributed by atoms with Crippen LogP contribution in [-0.4, -0.2) is 20.3 Å². The van der Waals surface area contributed by atoms with E-state index in [1.54, 1.807) is 13.4 Å². The Bertz CT molecular complexity index is 473. The zero-order chi connectivity index (χ0) is 12.1. The van der Waals surface area contributed by atoms with Crippen molar-refractivity contribution in [2.45, 2.75) is 19.8 Å². The molecule has 0 amide bonds. The molecular weight excluding hydrogens is 216 g/mol. The summed E-state index contributed by atoms with van der Waals surface area (Å²) in [6, 6.07) is 6.16. The standard InChI is InChI=1S/C14H18O3/c1-3-11-9-12-5-8-17-14(12)13(10-11)16-7-4-6-15-2/h5,8-10H,3-4,6-7H2,1-2H3. The Balaban J connectivity index is 2.16. The van der Waals surface area contributed by atoms with E-state index in [0.717, 1.165) is 36.2 Å². The van der Waals surface area contributed by atoms with Crippen molar-refractivity contribution in [2.75, 3.05) is 20.3 Å². The number of ether oxygens (including phenoxy) is 2. The Kier molecular flexibility index (Phi) is 4.04. The molecule has 0 N–H and O–H groups in total. The quantitative estimate of drug-likeness (QED) is 0.718. The second kappa shape index (κ2) is 5.73. The van der Waals surface area contributed by atoms with E-state index in [1.807, 2.05) is 6.07 Å². The third-order valence-electron chi connectivity index (χ3n) is 2.74. The SMILES string of the molecule is CCc1cc(OCCCOC)c2occc2c1. The van der Waals surface area contributed by atoms with Crippen LogP contribution in [0.5, 0.6) is 5.75 Å². The van der Waals surface area contributed by atoms with Crippen LogP contribution in [0.2, 0.25) is 0 Å². The first-order chi connectivity index (χ1) is 8.35. The summed E-state index contributed by atoms with van der Waals surface area (Å²) in [5.74, 6) is 0.834. The van der Waals surface area contributed by atoms with E-state index in [-0.39, 0.29) is 0 Å². The average molecular weight is 234 g/mol. The van der Waals surface area contributed by atoms with Crippen molar-refractivity contribution >= 4 is 11.0 Å². The Morgan fingerprint density at radius 3 is 2.88 bits per heavy atom. The fourth-order valence-electron chi connectivity index (χ4n) is 1.81. The molecule has 2 rings (SSSR count). The second-order valence-electron chi connectivity index (χ2n) is 3.98. The van der Waals surface area contributed by atoms with Gasteiger partial charge >= 0.3 is 0 Å². The summed E-state index contributed by atoms with van der Waals surface area (Å²) in [5, 5.41) is 1.10. The van der Waals surface area contributed by atoms with Crippen LogP contribution in [0.1, 0.15) is 18.9 Å². The van der Waals surface area contributed by atoms with Gasteiger partial charge in [-0.3, -0.25) is 0 Å². The smallest absolute Gasteiger partial charge is 0.175 e. The molecule has 0 radical (unpaired) electrons. The Morgan fingerprint density at radius 1 is 1.24 bits per heavy atom. The lowest BCUT2D eigenvalue weighted by molar-refractivity contribution is 0.172. The molecule has 0 saturated heterocycles. The lowest BCUT2D eigenvalue weighted by Gasteiger charge is -2.08. The van der Waals surface area contributed by atoms with Gasteiger partial charge in [-0.2, -0.15) is 0 Å². The molecule has 92 valence electrons. The predicted octanol–water partition coefficient (Wildman–Crippen LogP) is 3.41. The van der Waals surface area contributed by atoms with Crippen LogP contribution >= 0.6 is 0 Å². The minimum absolute atomic E-state index is 0.650. The molecule has 0 bridgehead atoms. The zero-order valence-corrected chi connectivity index (χ0v) is 10.4. The number of methoxy groups -OCH3 is 1. The summed E-state index contributed by atoms with van der Waals surface area (Å²) in [4.78, 5) is 0. The van der Waals surface area contributed by atoms with E-state index in [2.05, 4.69) is 19.1 Å². The maximum Gasteiger partial charge on any atom is 0.175 e. The number of fused-ring (bicyclic) bond motifs is 1. The summed E-state index contributed by atoms with van der Waals surface area (Å²) >= 11 is 0. The molecule has 1 heterocycles. The van der Waals surface area contributed by atoms with Crippen molar-refractivity contribution in [3.8, 4) is 5.75 Å². The first kappa shape index (κ1) is 12.0. The normalized spacial score (nSPS) is 10.9. The predicted molar refractivity (Wildman–Crippen MR) is 67.6 cm³/mol. The monoisotopic (exact) mass is 234 g/mol. The highest BCUT2D eigenvalue weighted by atomic mass is 16.5. The molecule has 0 unspecified atom stereocenters. The molecule has 2 aromatic rings. The van der Waals surface area contributed by atoms with Crippen LogP contribution in [0.3, 0.4) is 0 Å². The minimum Gasteiger partial charge on any atom is -0.490 e. The summed E-state index contributed by atoms with van der Waals surface area (Å²) < 4.78 is 16.2. The Morgan fingerprint density at radius 2 is 2.12 bits per heavy atom. The van der Waals surface area contributed by atoms with Gasteiger partial charge in [-0.1, -0.05) is 6.92 Å². The molecule has 3 heteroatoms. The van der Waals surface area contributed by atoms with Gasteiger partial charge in [-0.05, 0) is 30.2 Å². The molecule has 0 fully saturated rings. The molecule has 0 spiro atoms. The van der Waals surface area contributed by atoms with Crippen LogP contribution in [0, 0.1) is 0 Å². The Hall–Kier alpha value is -1.48. The van der Waals surface area contributed by atoms with E-state index in [4.69, 9.17) is 13.9 Å². The van der Waals surface area contributed by atoms with Crippen LogP contribution in [-0.2, 0) is 11.2 Å². The average Bonchev–Trinajstić information content (AvgIpc) is 2.82. The molecule has 3 nitrogen and oxygen atoms in total. The van der Waals surface area contributed by atoms with E-state index in [0.29, 0.717) is 6.61 Å². The van der Waals surface area contributed by atoms with Crippen molar-refractivity contribution in [3.05, 3.63) is 30.0 Å². The topological polar surface area (TPSA) is 31.6 Å². The fraction of sp³-hybridized carbons (Fsp3) is 0.429. The number of benzene rings is 1. The number of hydrogen-bond acceptors (Lipinski definition) is 3. The summed E-state index contributed by atoms with van der Waals surface area (Å²) in [5.41, 5.74) is 2.10. The molecule has 1 aromatic heterocycles. The highest BCUT2D eigenvalue weighted by Gasteiger charge is 2.07. The maximum atomic E-state index is 5.75. The lowest BCUT2D eigenvalue weighted by atomic mass is 10.1. The third kappa shape index (κ3) is 2.80. The number of hydrogen-bond donors (Lipinski definition) is 0. The molecule has 0 atom stereocenters. The number of furan rings is 1. The molecule has 0 aliphatic heterocycles. The third-order valence-corrected chi connectivity index (χ3v) is 2.74. The van der Waals surface area contributed by atoms with Crippen molar-refractivity contribution in [1.82, 2.24) is 0 Å². The summed E-state index contributed by atoms with van der Waals surface area (Å²) in [7, 11) is 1.70. The van der Waals surface area contributed by atoms with E-state index in [9.17, 15) is 0 Å². The van der Waals surface area contributed by atoms with Gasteiger partial charge < -0.3 is 13.9 Å². The van der Waals surface area contributed by atoms with Gasteiger partial charge in [0.2, 0.25) is 0 Å². The van der Waals surface area contributed by atoms with Crippen LogP contribution in [0.15, 0.2) is 28.9 Å². The first-order valence-electron chi connectivity index (χ1n) is 5.97. The molecular formula is C14H18O3. The summed E-state index contributed by atoms with van der Waals surface area (Å²) in [6.07, 6.45) is 3.58. The second-order valence-corrected chi connectivity index (χ2v) is 3.98. The number of aryl methyl sites for hydroxylation is 1. The van der Waals surface area contributed by atoms with Gasteiger partial charge in [-0.15, -0.1) is 0 Å². The molecule has 0 aliphatic carbocycles. The first-order valence-corrected chi connectivity index (χ1v) is 5.97. The van der Waals surface area contributed by atoms with Gasteiger partial charge in [0.05, 0.1) is 12.9 Å².